The zero-order chi connectivity index (χ0) is 39.6. The maximum Gasteiger partial charge on any atom is 0.241 e. The number of ether oxygens (including phenoxy) is 2. The van der Waals surface area contributed by atoms with Crippen LogP contribution in [0.25, 0.3) is 11.1 Å². The monoisotopic (exact) mass is 800 g/mol. The summed E-state index contributed by atoms with van der Waals surface area (Å²) in [7, 11) is -3.97. The Kier molecular flexibility index (Phi) is 13.2. The SMILES string of the molecule is Cc1ccc(S(=O)(=O)N[C@H](Cc2ccccc2)C(=O)NCc2cccc(-c3cccc([C@@H]4O[C@H](CSc5ncccn5)C[C@H](c5ccc(CO)cc5)O4)c3)c2)cc1. The Balaban J connectivity index is 1.06. The van der Waals surface area contributed by atoms with Crippen LogP contribution in [0.1, 0.15) is 52.2 Å². The summed E-state index contributed by atoms with van der Waals surface area (Å²) in [6.07, 6.45) is 3.25. The summed E-state index contributed by atoms with van der Waals surface area (Å²) in [6.45, 7) is 2.05. The second-order valence-corrected chi connectivity index (χ2v) is 16.6. The van der Waals surface area contributed by atoms with Crippen molar-refractivity contribution in [2.75, 3.05) is 5.75 Å². The zero-order valence-corrected chi connectivity index (χ0v) is 33.0. The van der Waals surface area contributed by atoms with Gasteiger partial charge in [0.05, 0.1) is 23.7 Å². The van der Waals surface area contributed by atoms with Crippen LogP contribution in [-0.2, 0) is 43.9 Å². The van der Waals surface area contributed by atoms with Crippen molar-refractivity contribution >= 4 is 27.7 Å². The Morgan fingerprint density at radius 2 is 1.49 bits per heavy atom. The van der Waals surface area contributed by atoms with Crippen LogP contribution in [0.3, 0.4) is 0 Å². The summed E-state index contributed by atoms with van der Waals surface area (Å²) in [5.41, 5.74) is 7.19. The molecule has 1 saturated heterocycles. The summed E-state index contributed by atoms with van der Waals surface area (Å²) >= 11 is 1.54. The number of benzene rings is 5. The highest BCUT2D eigenvalue weighted by Gasteiger charge is 2.33. The quantitative estimate of drug-likeness (QED) is 0.0713. The lowest BCUT2D eigenvalue weighted by molar-refractivity contribution is -0.245. The molecule has 5 aromatic carbocycles. The molecule has 2 heterocycles. The van der Waals surface area contributed by atoms with Crippen molar-refractivity contribution in [2.45, 2.75) is 67.5 Å². The number of carbonyl (C=O) groups excluding carboxylic acids is 1. The average Bonchev–Trinajstić information content (AvgIpc) is 3.25. The standard InChI is InChI=1S/C45H44N4O6S2/c1-31-14-20-40(21-15-31)57(52,53)49-41(25-32-8-3-2-4-9-32)43(51)48-28-34-10-5-11-36(24-34)37-12-6-13-38(26-37)44-54-39(30-56-45-46-22-7-23-47-45)27-42(55-44)35-18-16-33(29-50)17-19-35/h2-24,26,39,41-42,44,49-50H,25,27-30H2,1H3,(H,48,51)/t39-,41+,42+,44+/m0/s1. The number of hydrogen-bond donors (Lipinski definition) is 3. The van der Waals surface area contributed by atoms with Gasteiger partial charge in [0.2, 0.25) is 15.9 Å². The van der Waals surface area contributed by atoms with Gasteiger partial charge in [-0.3, -0.25) is 4.79 Å². The van der Waals surface area contributed by atoms with E-state index in [4.69, 9.17) is 9.47 Å². The van der Waals surface area contributed by atoms with Gasteiger partial charge in [-0.1, -0.05) is 120 Å². The van der Waals surface area contributed by atoms with E-state index < -0.39 is 28.3 Å². The van der Waals surface area contributed by atoms with Gasteiger partial charge in [-0.15, -0.1) is 0 Å². The smallest absolute Gasteiger partial charge is 0.241 e. The first-order valence-electron chi connectivity index (χ1n) is 18.7. The number of aromatic nitrogens is 2. The van der Waals surface area contributed by atoms with E-state index >= 15 is 0 Å². The van der Waals surface area contributed by atoms with Crippen molar-refractivity contribution in [3.8, 4) is 11.1 Å². The lowest BCUT2D eigenvalue weighted by Crippen LogP contribution is -2.47. The number of sulfonamides is 1. The van der Waals surface area contributed by atoms with Gasteiger partial charge >= 0.3 is 0 Å². The first kappa shape index (κ1) is 40.0. The second kappa shape index (κ2) is 18.8. The number of nitrogens with zero attached hydrogens (tertiary/aromatic N) is 2. The maximum absolute atomic E-state index is 13.7. The van der Waals surface area contributed by atoms with Crippen molar-refractivity contribution in [3.05, 3.63) is 179 Å². The van der Waals surface area contributed by atoms with Crippen LogP contribution >= 0.6 is 11.8 Å². The molecular formula is C45H44N4O6S2. The van der Waals surface area contributed by atoms with Crippen molar-refractivity contribution in [1.82, 2.24) is 20.0 Å². The molecule has 1 amide bonds. The number of carbonyl (C=O) groups is 1. The number of nitrogens with one attached hydrogen (secondary N) is 2. The van der Waals surface area contributed by atoms with E-state index in [0.717, 1.165) is 44.5 Å². The van der Waals surface area contributed by atoms with Gasteiger partial charge in [0.1, 0.15) is 6.04 Å². The maximum atomic E-state index is 13.7. The second-order valence-electron chi connectivity index (χ2n) is 13.9. The van der Waals surface area contributed by atoms with Crippen LogP contribution in [0, 0.1) is 6.92 Å². The molecule has 10 nitrogen and oxygen atoms in total. The van der Waals surface area contributed by atoms with Crippen LogP contribution in [0.2, 0.25) is 0 Å². The molecule has 1 aliphatic rings. The number of amides is 1. The minimum absolute atomic E-state index is 0.0287. The summed E-state index contributed by atoms with van der Waals surface area (Å²) in [6, 6.07) is 40.4. The molecule has 292 valence electrons. The van der Waals surface area contributed by atoms with E-state index in [9.17, 15) is 18.3 Å². The fourth-order valence-corrected chi connectivity index (χ4v) is 8.61. The van der Waals surface area contributed by atoms with E-state index in [-0.39, 0.29) is 36.7 Å². The molecule has 3 N–H and O–H groups in total. The first-order valence-corrected chi connectivity index (χ1v) is 21.2. The summed E-state index contributed by atoms with van der Waals surface area (Å²) in [5.74, 6) is 0.211. The molecule has 0 bridgehead atoms. The summed E-state index contributed by atoms with van der Waals surface area (Å²) in [4.78, 5) is 22.5. The molecule has 12 heteroatoms. The number of aliphatic hydroxyl groups is 1. The number of hydrogen-bond acceptors (Lipinski definition) is 9. The highest BCUT2D eigenvalue weighted by Crippen LogP contribution is 2.40. The minimum atomic E-state index is -3.97. The normalized spacial score (nSPS) is 17.5. The van der Waals surface area contributed by atoms with Crippen molar-refractivity contribution in [2.24, 2.45) is 0 Å². The Hall–Kier alpha value is -5.21. The van der Waals surface area contributed by atoms with Crippen molar-refractivity contribution < 1.29 is 27.8 Å². The number of aryl methyl sites for hydroxylation is 1. The summed E-state index contributed by atoms with van der Waals surface area (Å²) in [5, 5.41) is 13.2. The number of aliphatic hydroxyl groups excluding tert-OH is 1. The molecule has 0 spiro atoms. The van der Waals surface area contributed by atoms with Crippen molar-refractivity contribution in [1.29, 1.82) is 0 Å². The van der Waals surface area contributed by atoms with Crippen LogP contribution in [0.5, 0.6) is 0 Å². The predicted molar refractivity (Wildman–Crippen MR) is 220 cm³/mol. The molecule has 0 saturated carbocycles. The summed E-state index contributed by atoms with van der Waals surface area (Å²) < 4.78 is 42.6. The third kappa shape index (κ3) is 10.8. The van der Waals surface area contributed by atoms with Gasteiger partial charge in [-0.25, -0.2) is 18.4 Å². The Labute approximate surface area is 337 Å². The van der Waals surface area contributed by atoms with Gasteiger partial charge in [-0.2, -0.15) is 4.72 Å². The van der Waals surface area contributed by atoms with Gasteiger partial charge in [0, 0.05) is 36.7 Å². The average molecular weight is 801 g/mol. The molecular weight excluding hydrogens is 757 g/mol. The number of rotatable bonds is 15. The first-order chi connectivity index (χ1) is 27.7. The van der Waals surface area contributed by atoms with Crippen molar-refractivity contribution in [3.63, 3.8) is 0 Å². The zero-order valence-electron chi connectivity index (χ0n) is 31.4. The van der Waals surface area contributed by atoms with Gasteiger partial charge in [0.25, 0.3) is 0 Å². The largest absolute Gasteiger partial charge is 0.392 e. The lowest BCUT2D eigenvalue weighted by Gasteiger charge is -2.36. The molecule has 1 aromatic heterocycles. The highest BCUT2D eigenvalue weighted by molar-refractivity contribution is 7.99. The van der Waals surface area contributed by atoms with E-state index in [2.05, 4.69) is 26.1 Å². The van der Waals surface area contributed by atoms with Crippen LogP contribution in [0.15, 0.2) is 156 Å². The molecule has 6 aromatic rings. The van der Waals surface area contributed by atoms with Crippen LogP contribution in [-0.4, -0.2) is 47.3 Å². The molecule has 0 aliphatic carbocycles. The Morgan fingerprint density at radius 3 is 2.23 bits per heavy atom. The topological polar surface area (TPSA) is 140 Å². The molecule has 1 aliphatic heterocycles. The fourth-order valence-electron chi connectivity index (χ4n) is 6.60. The Bertz CT molecular complexity index is 2350. The third-order valence-electron chi connectivity index (χ3n) is 9.67. The van der Waals surface area contributed by atoms with Gasteiger partial charge in [0.15, 0.2) is 11.4 Å². The van der Waals surface area contributed by atoms with Gasteiger partial charge < -0.3 is 19.9 Å². The molecule has 0 unspecified atom stereocenters. The third-order valence-corrected chi connectivity index (χ3v) is 12.2. The van der Waals surface area contributed by atoms with Crippen LogP contribution in [0.4, 0.5) is 0 Å². The van der Waals surface area contributed by atoms with E-state index in [1.807, 2.05) is 104 Å². The predicted octanol–water partition coefficient (Wildman–Crippen LogP) is 7.49. The molecule has 7 rings (SSSR count). The Morgan fingerprint density at radius 1 is 0.789 bits per heavy atom. The van der Waals surface area contributed by atoms with E-state index in [1.54, 1.807) is 30.6 Å². The fraction of sp³-hybridized carbons (Fsp3) is 0.222. The van der Waals surface area contributed by atoms with E-state index in [0.29, 0.717) is 17.3 Å². The van der Waals surface area contributed by atoms with Gasteiger partial charge in [-0.05, 0) is 77.1 Å². The minimum Gasteiger partial charge on any atom is -0.392 e. The highest BCUT2D eigenvalue weighted by atomic mass is 32.2. The molecule has 0 radical (unpaired) electrons. The molecule has 4 atom stereocenters. The number of thioether (sulfide) groups is 1. The lowest BCUT2D eigenvalue weighted by atomic mass is 9.99. The van der Waals surface area contributed by atoms with Crippen LogP contribution < -0.4 is 10.0 Å². The molecule has 57 heavy (non-hydrogen) atoms. The molecule has 1 fully saturated rings. The van der Waals surface area contributed by atoms with E-state index in [1.165, 1.54) is 23.9 Å².